The maximum absolute atomic E-state index is 8.87. The molecule has 0 aliphatic carbocycles. The van der Waals surface area contributed by atoms with Crippen molar-refractivity contribution in [1.82, 2.24) is 0 Å². The van der Waals surface area contributed by atoms with E-state index in [4.69, 9.17) is 9.84 Å². The third-order valence-corrected chi connectivity index (χ3v) is 2.18. The van der Waals surface area contributed by atoms with Crippen LogP contribution in [0.5, 0.6) is 0 Å². The van der Waals surface area contributed by atoms with Gasteiger partial charge < -0.3 is 9.84 Å². The molecule has 1 aliphatic heterocycles. The fraction of sp³-hybridized carbons (Fsp3) is 0.364. The number of benzene rings is 1. The van der Waals surface area contributed by atoms with Crippen LogP contribution in [-0.4, -0.2) is 23.7 Å². The molecule has 1 N–H and O–H groups in total. The van der Waals surface area contributed by atoms with E-state index in [-0.39, 0.29) is 12.6 Å². The lowest BCUT2D eigenvalue weighted by Crippen LogP contribution is -2.01. The van der Waals surface area contributed by atoms with Crippen molar-refractivity contribution in [2.75, 3.05) is 6.61 Å². The second kappa shape index (κ2) is 3.80. The summed E-state index contributed by atoms with van der Waals surface area (Å²) in [4.78, 5) is 4.35. The van der Waals surface area contributed by atoms with Gasteiger partial charge in [0.2, 0.25) is 5.90 Å². The standard InChI is InChI=1S/C11H13NO2/c1-8-7-14-11(12-8)10-4-2-9(6-13)3-5-10/h2-5,8,13H,6-7H2,1H3. The van der Waals surface area contributed by atoms with E-state index in [9.17, 15) is 0 Å². The number of hydrogen-bond acceptors (Lipinski definition) is 3. The van der Waals surface area contributed by atoms with Crippen LogP contribution in [0.2, 0.25) is 0 Å². The molecule has 1 aliphatic rings. The Balaban J connectivity index is 2.21. The van der Waals surface area contributed by atoms with Crippen LogP contribution in [0.3, 0.4) is 0 Å². The molecule has 74 valence electrons. The third kappa shape index (κ3) is 1.77. The molecule has 14 heavy (non-hydrogen) atoms. The average Bonchev–Trinajstić information content (AvgIpc) is 2.65. The van der Waals surface area contributed by atoms with Gasteiger partial charge in [0.15, 0.2) is 0 Å². The second-order valence-electron chi connectivity index (χ2n) is 3.45. The fourth-order valence-corrected chi connectivity index (χ4v) is 1.38. The van der Waals surface area contributed by atoms with Crippen LogP contribution in [-0.2, 0) is 11.3 Å². The van der Waals surface area contributed by atoms with Gasteiger partial charge in [0.1, 0.15) is 6.61 Å². The molecule has 0 spiro atoms. The number of nitrogens with zero attached hydrogens (tertiary/aromatic N) is 1. The number of hydrogen-bond donors (Lipinski definition) is 1. The summed E-state index contributed by atoms with van der Waals surface area (Å²) in [5, 5.41) is 8.87. The first-order chi connectivity index (χ1) is 6.79. The molecular formula is C11H13NO2. The molecule has 0 bridgehead atoms. The van der Waals surface area contributed by atoms with Crippen molar-refractivity contribution in [2.24, 2.45) is 4.99 Å². The zero-order valence-electron chi connectivity index (χ0n) is 8.10. The highest BCUT2D eigenvalue weighted by Gasteiger charge is 2.15. The number of rotatable bonds is 2. The highest BCUT2D eigenvalue weighted by molar-refractivity contribution is 5.95. The molecule has 0 aromatic heterocycles. The van der Waals surface area contributed by atoms with E-state index in [2.05, 4.69) is 4.99 Å². The van der Waals surface area contributed by atoms with E-state index >= 15 is 0 Å². The van der Waals surface area contributed by atoms with E-state index in [0.717, 1.165) is 11.1 Å². The number of aliphatic imine (C=N–C) groups is 1. The largest absolute Gasteiger partial charge is 0.475 e. The van der Waals surface area contributed by atoms with Gasteiger partial charge in [0.05, 0.1) is 12.6 Å². The van der Waals surface area contributed by atoms with Crippen LogP contribution >= 0.6 is 0 Å². The van der Waals surface area contributed by atoms with Gasteiger partial charge in [0.25, 0.3) is 0 Å². The minimum Gasteiger partial charge on any atom is -0.475 e. The van der Waals surface area contributed by atoms with Crippen LogP contribution < -0.4 is 0 Å². The highest BCUT2D eigenvalue weighted by atomic mass is 16.5. The zero-order chi connectivity index (χ0) is 9.97. The molecular weight excluding hydrogens is 178 g/mol. The van der Waals surface area contributed by atoms with E-state index in [0.29, 0.717) is 12.5 Å². The Morgan fingerprint density at radius 3 is 2.64 bits per heavy atom. The van der Waals surface area contributed by atoms with Crippen molar-refractivity contribution in [3.05, 3.63) is 35.4 Å². The lowest BCUT2D eigenvalue weighted by Gasteiger charge is -2.01. The predicted octanol–water partition coefficient (Wildman–Crippen LogP) is 1.34. The number of aliphatic hydroxyl groups excluding tert-OH is 1. The average molecular weight is 191 g/mol. The Kier molecular flexibility index (Phi) is 2.50. The van der Waals surface area contributed by atoms with E-state index < -0.39 is 0 Å². The lowest BCUT2D eigenvalue weighted by molar-refractivity contribution is 0.282. The first kappa shape index (κ1) is 9.21. The number of aliphatic hydroxyl groups is 1. The second-order valence-corrected chi connectivity index (χ2v) is 3.45. The minimum atomic E-state index is 0.0734. The summed E-state index contributed by atoms with van der Waals surface area (Å²) in [7, 11) is 0. The SMILES string of the molecule is CC1COC(c2ccc(CO)cc2)=N1. The predicted molar refractivity (Wildman–Crippen MR) is 54.3 cm³/mol. The van der Waals surface area contributed by atoms with Crippen LogP contribution in [0.25, 0.3) is 0 Å². The monoisotopic (exact) mass is 191 g/mol. The molecule has 0 saturated heterocycles. The van der Waals surface area contributed by atoms with Gasteiger partial charge >= 0.3 is 0 Å². The molecule has 0 fully saturated rings. The first-order valence-corrected chi connectivity index (χ1v) is 4.70. The van der Waals surface area contributed by atoms with Crippen LogP contribution in [0, 0.1) is 0 Å². The van der Waals surface area contributed by atoms with Gasteiger partial charge in [-0.2, -0.15) is 0 Å². The molecule has 1 atom stereocenters. The topological polar surface area (TPSA) is 41.8 Å². The Morgan fingerprint density at radius 2 is 2.14 bits per heavy atom. The number of ether oxygens (including phenoxy) is 1. The molecule has 1 heterocycles. The Morgan fingerprint density at radius 1 is 1.43 bits per heavy atom. The summed E-state index contributed by atoms with van der Waals surface area (Å²) in [6.07, 6.45) is 0. The third-order valence-electron chi connectivity index (χ3n) is 2.18. The zero-order valence-corrected chi connectivity index (χ0v) is 8.10. The summed E-state index contributed by atoms with van der Waals surface area (Å²) in [6.45, 7) is 2.76. The van der Waals surface area contributed by atoms with Crippen molar-refractivity contribution in [1.29, 1.82) is 0 Å². The molecule has 0 radical (unpaired) electrons. The molecule has 3 nitrogen and oxygen atoms in total. The van der Waals surface area contributed by atoms with Crippen molar-refractivity contribution >= 4 is 5.90 Å². The van der Waals surface area contributed by atoms with E-state index in [1.807, 2.05) is 31.2 Å². The van der Waals surface area contributed by atoms with Crippen LogP contribution in [0.1, 0.15) is 18.1 Å². The maximum Gasteiger partial charge on any atom is 0.216 e. The lowest BCUT2D eigenvalue weighted by atomic mass is 10.1. The normalized spacial score (nSPS) is 20.4. The summed E-state index contributed by atoms with van der Waals surface area (Å²) >= 11 is 0. The van der Waals surface area contributed by atoms with Crippen molar-refractivity contribution in [3.63, 3.8) is 0 Å². The summed E-state index contributed by atoms with van der Waals surface area (Å²) < 4.78 is 5.41. The fourth-order valence-electron chi connectivity index (χ4n) is 1.38. The Bertz CT molecular complexity index is 343. The first-order valence-electron chi connectivity index (χ1n) is 4.70. The van der Waals surface area contributed by atoms with Gasteiger partial charge in [-0.05, 0) is 24.6 Å². The Labute approximate surface area is 83.1 Å². The van der Waals surface area contributed by atoms with Gasteiger partial charge in [-0.1, -0.05) is 12.1 Å². The van der Waals surface area contributed by atoms with Gasteiger partial charge in [0, 0.05) is 5.56 Å². The molecule has 1 aromatic rings. The molecule has 0 saturated carbocycles. The van der Waals surface area contributed by atoms with Crippen molar-refractivity contribution in [2.45, 2.75) is 19.6 Å². The summed E-state index contributed by atoms with van der Waals surface area (Å²) in [6, 6.07) is 7.85. The van der Waals surface area contributed by atoms with E-state index in [1.54, 1.807) is 0 Å². The quantitative estimate of drug-likeness (QED) is 0.766. The van der Waals surface area contributed by atoms with Crippen LogP contribution in [0.15, 0.2) is 29.3 Å². The van der Waals surface area contributed by atoms with Crippen LogP contribution in [0.4, 0.5) is 0 Å². The van der Waals surface area contributed by atoms with Gasteiger partial charge in [-0.3, -0.25) is 0 Å². The molecule has 0 amide bonds. The van der Waals surface area contributed by atoms with E-state index in [1.165, 1.54) is 0 Å². The summed E-state index contributed by atoms with van der Waals surface area (Å²) in [5.74, 6) is 0.710. The molecule has 2 rings (SSSR count). The van der Waals surface area contributed by atoms with Crippen molar-refractivity contribution in [3.8, 4) is 0 Å². The highest BCUT2D eigenvalue weighted by Crippen LogP contribution is 2.12. The minimum absolute atomic E-state index is 0.0734. The Hall–Kier alpha value is -1.35. The molecule has 1 unspecified atom stereocenters. The molecule has 1 aromatic carbocycles. The maximum atomic E-state index is 8.87. The summed E-state index contributed by atoms with van der Waals surface area (Å²) in [5.41, 5.74) is 1.88. The smallest absolute Gasteiger partial charge is 0.216 e. The van der Waals surface area contributed by atoms with Gasteiger partial charge in [-0.25, -0.2) is 4.99 Å². The van der Waals surface area contributed by atoms with Crippen molar-refractivity contribution < 1.29 is 9.84 Å². The van der Waals surface area contributed by atoms with Gasteiger partial charge in [-0.15, -0.1) is 0 Å². The molecule has 3 heteroatoms.